The number of piperazine rings is 1. The maximum absolute atomic E-state index is 2.69. The maximum Gasteiger partial charge on any atom is 0.0273 e. The van der Waals surface area contributed by atoms with Crippen LogP contribution in [-0.4, -0.2) is 46.1 Å². The highest BCUT2D eigenvalue weighted by Crippen LogP contribution is 2.42. The molecule has 0 N–H and O–H groups in total. The first-order valence-electron chi connectivity index (χ1n) is 6.25. The molecule has 0 spiro atoms. The summed E-state index contributed by atoms with van der Waals surface area (Å²) in [7, 11) is 0. The molecule has 0 aromatic rings. The first-order valence-corrected chi connectivity index (χ1v) is 6.25. The fourth-order valence-electron chi connectivity index (χ4n) is 3.05. The summed E-state index contributed by atoms with van der Waals surface area (Å²) in [4.78, 5) is 5.39. The summed E-state index contributed by atoms with van der Waals surface area (Å²) in [5.41, 5.74) is 0.701. The molecular formula is C13H26N2. The molecule has 1 aliphatic carbocycles. The molecule has 1 heterocycles. The van der Waals surface area contributed by atoms with Crippen molar-refractivity contribution in [3.8, 4) is 0 Å². The highest BCUT2D eigenvalue weighted by molar-refractivity contribution is 5.10. The average Bonchev–Trinajstić information content (AvgIpc) is 2.75. The summed E-state index contributed by atoms with van der Waals surface area (Å²) in [5.74, 6) is 0. The van der Waals surface area contributed by atoms with Crippen LogP contribution >= 0.6 is 0 Å². The second-order valence-corrected chi connectivity index (χ2v) is 7.10. The van der Waals surface area contributed by atoms with E-state index in [0.29, 0.717) is 11.1 Å². The zero-order valence-electron chi connectivity index (χ0n) is 11.2. The van der Waals surface area contributed by atoms with Gasteiger partial charge in [0.15, 0.2) is 0 Å². The molecule has 2 rings (SSSR count). The van der Waals surface area contributed by atoms with Crippen LogP contribution in [0.1, 0.15) is 48.0 Å². The van der Waals surface area contributed by atoms with E-state index in [2.05, 4.69) is 51.3 Å². The zero-order valence-corrected chi connectivity index (χ0v) is 11.2. The van der Waals surface area contributed by atoms with Crippen molar-refractivity contribution in [1.82, 2.24) is 9.80 Å². The molecule has 0 aromatic heterocycles. The summed E-state index contributed by atoms with van der Waals surface area (Å²) >= 11 is 0. The van der Waals surface area contributed by atoms with Gasteiger partial charge in [0.1, 0.15) is 0 Å². The molecule has 1 saturated heterocycles. The largest absolute Gasteiger partial charge is 0.293 e. The third kappa shape index (κ3) is 2.07. The minimum Gasteiger partial charge on any atom is -0.293 e. The Morgan fingerprint density at radius 2 is 1.07 bits per heavy atom. The van der Waals surface area contributed by atoms with Gasteiger partial charge in [-0.25, -0.2) is 0 Å². The number of fused-ring (bicyclic) bond motifs is 1. The van der Waals surface area contributed by atoms with Gasteiger partial charge in [-0.3, -0.25) is 9.80 Å². The van der Waals surface area contributed by atoms with E-state index >= 15 is 0 Å². The molecular weight excluding hydrogens is 184 g/mol. The van der Waals surface area contributed by atoms with Gasteiger partial charge in [0.25, 0.3) is 0 Å². The Kier molecular flexibility index (Phi) is 2.44. The van der Waals surface area contributed by atoms with Crippen molar-refractivity contribution in [3.05, 3.63) is 0 Å². The van der Waals surface area contributed by atoms with Crippen LogP contribution in [0.4, 0.5) is 0 Å². The normalized spacial score (nSPS) is 34.0. The van der Waals surface area contributed by atoms with Crippen LogP contribution in [0.3, 0.4) is 0 Å². The second-order valence-electron chi connectivity index (χ2n) is 7.10. The Hall–Kier alpha value is -0.0800. The Bertz CT molecular complexity index is 220. The van der Waals surface area contributed by atoms with Crippen LogP contribution < -0.4 is 0 Å². The van der Waals surface area contributed by atoms with Crippen LogP contribution in [0.25, 0.3) is 0 Å². The van der Waals surface area contributed by atoms with Crippen molar-refractivity contribution in [2.75, 3.05) is 13.1 Å². The predicted molar refractivity (Wildman–Crippen MR) is 65.1 cm³/mol. The molecule has 88 valence electrons. The zero-order chi connectivity index (χ0) is 11.4. The van der Waals surface area contributed by atoms with Crippen LogP contribution in [0, 0.1) is 0 Å². The van der Waals surface area contributed by atoms with Gasteiger partial charge < -0.3 is 0 Å². The molecule has 2 fully saturated rings. The molecule has 0 aromatic carbocycles. The molecule has 2 nitrogen and oxygen atoms in total. The molecule has 0 radical (unpaired) electrons. The molecule has 2 heteroatoms. The topological polar surface area (TPSA) is 6.48 Å². The minimum absolute atomic E-state index is 0.351. The summed E-state index contributed by atoms with van der Waals surface area (Å²) in [5, 5.41) is 0. The quantitative estimate of drug-likeness (QED) is 0.605. The highest BCUT2D eigenvalue weighted by atomic mass is 15.4. The Morgan fingerprint density at radius 3 is 1.33 bits per heavy atom. The fraction of sp³-hybridized carbons (Fsp3) is 1.00. The van der Waals surface area contributed by atoms with Gasteiger partial charge in [-0.05, 0) is 48.0 Å². The lowest BCUT2D eigenvalue weighted by Gasteiger charge is -2.46. The van der Waals surface area contributed by atoms with Gasteiger partial charge in [0.05, 0.1) is 0 Å². The number of nitrogens with zero attached hydrogens (tertiary/aromatic N) is 2. The van der Waals surface area contributed by atoms with E-state index in [4.69, 9.17) is 0 Å². The molecule has 2 atom stereocenters. The van der Waals surface area contributed by atoms with Crippen LogP contribution in [0.15, 0.2) is 0 Å². The van der Waals surface area contributed by atoms with Gasteiger partial charge in [0, 0.05) is 36.3 Å². The van der Waals surface area contributed by atoms with E-state index in [9.17, 15) is 0 Å². The van der Waals surface area contributed by atoms with E-state index in [1.807, 2.05) is 0 Å². The van der Waals surface area contributed by atoms with Gasteiger partial charge >= 0.3 is 0 Å². The molecule has 2 aliphatic rings. The number of hydrogen-bond donors (Lipinski definition) is 0. The van der Waals surface area contributed by atoms with Crippen LogP contribution in [0.5, 0.6) is 0 Å². The fourth-order valence-corrected chi connectivity index (χ4v) is 3.05. The smallest absolute Gasteiger partial charge is 0.0273 e. The molecule has 0 bridgehead atoms. The number of hydrogen-bond acceptors (Lipinski definition) is 2. The third-order valence-electron chi connectivity index (χ3n) is 3.83. The first kappa shape index (κ1) is 11.4. The van der Waals surface area contributed by atoms with Crippen molar-refractivity contribution < 1.29 is 0 Å². The first-order chi connectivity index (χ1) is 6.71. The van der Waals surface area contributed by atoms with Crippen LogP contribution in [0.2, 0.25) is 0 Å². The van der Waals surface area contributed by atoms with E-state index in [1.54, 1.807) is 0 Å². The predicted octanol–water partition coefficient (Wildman–Crippen LogP) is 2.34. The third-order valence-corrected chi connectivity index (χ3v) is 3.83. The molecule has 15 heavy (non-hydrogen) atoms. The van der Waals surface area contributed by atoms with Gasteiger partial charge in [-0.2, -0.15) is 0 Å². The molecule has 1 saturated carbocycles. The lowest BCUT2D eigenvalue weighted by atomic mass is 10.0. The van der Waals surface area contributed by atoms with E-state index < -0.39 is 0 Å². The highest BCUT2D eigenvalue weighted by Gasteiger charge is 2.53. The van der Waals surface area contributed by atoms with Crippen molar-refractivity contribution in [1.29, 1.82) is 0 Å². The standard InChI is InChI=1S/C13H26N2/c1-12(2,3)14-7-8-15(13(4,5)6)11-9-10(11)14/h10-11H,7-9H2,1-6H3. The summed E-state index contributed by atoms with van der Waals surface area (Å²) in [6, 6.07) is 1.66. The lowest BCUT2D eigenvalue weighted by Crippen LogP contribution is -2.57. The average molecular weight is 210 g/mol. The summed E-state index contributed by atoms with van der Waals surface area (Å²) in [6.45, 7) is 16.5. The van der Waals surface area contributed by atoms with Crippen molar-refractivity contribution in [2.45, 2.75) is 71.1 Å². The maximum atomic E-state index is 2.69. The SMILES string of the molecule is CC(C)(C)N1CCN(C(C)(C)C)C2CC21. The van der Waals surface area contributed by atoms with Gasteiger partial charge in [0.2, 0.25) is 0 Å². The van der Waals surface area contributed by atoms with E-state index in [1.165, 1.54) is 19.5 Å². The van der Waals surface area contributed by atoms with Gasteiger partial charge in [-0.15, -0.1) is 0 Å². The Labute approximate surface area is 94.6 Å². The summed E-state index contributed by atoms with van der Waals surface area (Å²) in [6.07, 6.45) is 1.38. The van der Waals surface area contributed by atoms with Crippen LogP contribution in [-0.2, 0) is 0 Å². The van der Waals surface area contributed by atoms with E-state index in [0.717, 1.165) is 12.1 Å². The van der Waals surface area contributed by atoms with Gasteiger partial charge in [-0.1, -0.05) is 0 Å². The van der Waals surface area contributed by atoms with E-state index in [-0.39, 0.29) is 0 Å². The molecule has 1 aliphatic heterocycles. The minimum atomic E-state index is 0.351. The van der Waals surface area contributed by atoms with Crippen molar-refractivity contribution >= 4 is 0 Å². The summed E-state index contributed by atoms with van der Waals surface area (Å²) < 4.78 is 0. The molecule has 0 amide bonds. The number of rotatable bonds is 0. The monoisotopic (exact) mass is 210 g/mol. The lowest BCUT2D eigenvalue weighted by molar-refractivity contribution is 0.0179. The molecule has 2 unspecified atom stereocenters. The van der Waals surface area contributed by atoms with Crippen molar-refractivity contribution in [2.24, 2.45) is 0 Å². The Morgan fingerprint density at radius 1 is 0.733 bits per heavy atom. The van der Waals surface area contributed by atoms with Crippen molar-refractivity contribution in [3.63, 3.8) is 0 Å². The second kappa shape index (κ2) is 3.21. The Balaban J connectivity index is 2.04.